The topological polar surface area (TPSA) is 9.23 Å². The summed E-state index contributed by atoms with van der Waals surface area (Å²) in [5.41, 5.74) is 5.55. The molecule has 33 heavy (non-hydrogen) atoms. The van der Waals surface area contributed by atoms with Gasteiger partial charge >= 0.3 is 0 Å². The number of benzene rings is 2. The molecule has 1 aliphatic carbocycles. The highest BCUT2D eigenvalue weighted by Gasteiger charge is 2.23. The fourth-order valence-electron chi connectivity index (χ4n) is 6.19. The van der Waals surface area contributed by atoms with Crippen molar-refractivity contribution >= 4 is 0 Å². The van der Waals surface area contributed by atoms with Crippen molar-refractivity contribution in [1.29, 1.82) is 0 Å². The van der Waals surface area contributed by atoms with Crippen LogP contribution < -0.4 is 0 Å². The molecule has 180 valence electrons. The average molecular weight is 447 g/mol. The van der Waals surface area contributed by atoms with Crippen molar-refractivity contribution in [3.63, 3.8) is 0 Å². The summed E-state index contributed by atoms with van der Waals surface area (Å²) in [6.07, 6.45) is 18.0. The van der Waals surface area contributed by atoms with Crippen molar-refractivity contribution in [3.8, 4) is 11.1 Å². The molecule has 1 nitrogen and oxygen atoms in total. The van der Waals surface area contributed by atoms with E-state index in [2.05, 4.69) is 62.4 Å². The van der Waals surface area contributed by atoms with E-state index in [-0.39, 0.29) is 6.10 Å². The number of rotatable bonds is 10. The number of unbranched alkanes of at least 4 members (excludes halogenated alkanes) is 3. The van der Waals surface area contributed by atoms with Crippen LogP contribution in [-0.4, -0.2) is 6.61 Å². The van der Waals surface area contributed by atoms with Crippen LogP contribution in [0, 0.1) is 11.8 Å². The third-order valence-electron chi connectivity index (χ3n) is 8.38. The molecule has 0 bridgehead atoms. The van der Waals surface area contributed by atoms with Gasteiger partial charge < -0.3 is 4.74 Å². The summed E-state index contributed by atoms with van der Waals surface area (Å²) in [5.74, 6) is 2.53. The predicted molar refractivity (Wildman–Crippen MR) is 142 cm³/mol. The Labute approximate surface area is 203 Å². The molecule has 1 heterocycles. The minimum absolute atomic E-state index is 0.288. The zero-order valence-electron chi connectivity index (χ0n) is 21.2. The van der Waals surface area contributed by atoms with Crippen molar-refractivity contribution in [2.75, 3.05) is 6.61 Å². The van der Waals surface area contributed by atoms with Crippen LogP contribution in [-0.2, 0) is 4.74 Å². The van der Waals surface area contributed by atoms with E-state index >= 15 is 0 Å². The maximum absolute atomic E-state index is 6.28. The van der Waals surface area contributed by atoms with Gasteiger partial charge in [0.15, 0.2) is 0 Å². The Morgan fingerprint density at radius 3 is 1.82 bits per heavy atom. The monoisotopic (exact) mass is 446 g/mol. The number of hydrogen-bond acceptors (Lipinski definition) is 1. The molecule has 0 radical (unpaired) electrons. The van der Waals surface area contributed by atoms with Crippen LogP contribution >= 0.6 is 0 Å². The number of ether oxygens (including phenoxy) is 1. The Hall–Kier alpha value is -1.60. The smallest absolute Gasteiger partial charge is 0.0825 e. The lowest BCUT2D eigenvalue weighted by Crippen LogP contribution is -2.20. The van der Waals surface area contributed by atoms with Crippen LogP contribution in [0.15, 0.2) is 48.5 Å². The second-order valence-corrected chi connectivity index (χ2v) is 10.9. The van der Waals surface area contributed by atoms with Crippen molar-refractivity contribution in [2.45, 2.75) is 109 Å². The first-order chi connectivity index (χ1) is 16.3. The molecule has 1 saturated carbocycles. The highest BCUT2D eigenvalue weighted by Crippen LogP contribution is 2.38. The van der Waals surface area contributed by atoms with Crippen LogP contribution in [0.2, 0.25) is 0 Å². The molecule has 2 aromatic carbocycles. The SMILES string of the molecule is CCCCCCC1CCC(c2ccc(-c3ccc([C@H]4CC[C@H](CCC)CC4)cc3)cc2)OC1. The van der Waals surface area contributed by atoms with Gasteiger partial charge in [-0.1, -0.05) is 101 Å². The van der Waals surface area contributed by atoms with E-state index in [1.165, 1.54) is 100 Å². The van der Waals surface area contributed by atoms with Gasteiger partial charge in [0.1, 0.15) is 0 Å². The maximum Gasteiger partial charge on any atom is 0.0825 e. The zero-order chi connectivity index (χ0) is 22.9. The summed E-state index contributed by atoms with van der Waals surface area (Å²) in [6.45, 7) is 5.56. The molecule has 2 atom stereocenters. The first kappa shape index (κ1) is 24.5. The Morgan fingerprint density at radius 1 is 0.606 bits per heavy atom. The van der Waals surface area contributed by atoms with Gasteiger partial charge in [-0.05, 0) is 85.0 Å². The van der Waals surface area contributed by atoms with Gasteiger partial charge in [0.2, 0.25) is 0 Å². The van der Waals surface area contributed by atoms with Crippen LogP contribution in [0.3, 0.4) is 0 Å². The predicted octanol–water partition coefficient (Wildman–Crippen LogP) is 9.87. The third-order valence-corrected chi connectivity index (χ3v) is 8.38. The van der Waals surface area contributed by atoms with Gasteiger partial charge in [0, 0.05) is 0 Å². The van der Waals surface area contributed by atoms with Crippen LogP contribution in [0.25, 0.3) is 11.1 Å². The Morgan fingerprint density at radius 2 is 1.24 bits per heavy atom. The van der Waals surface area contributed by atoms with Crippen LogP contribution in [0.1, 0.15) is 120 Å². The summed E-state index contributed by atoms with van der Waals surface area (Å²) in [5, 5.41) is 0. The average Bonchev–Trinajstić information content (AvgIpc) is 2.88. The van der Waals surface area contributed by atoms with Crippen molar-refractivity contribution in [2.24, 2.45) is 11.8 Å². The largest absolute Gasteiger partial charge is 0.373 e. The summed E-state index contributed by atoms with van der Waals surface area (Å²) in [6, 6.07) is 18.6. The molecule has 0 aromatic heterocycles. The quantitative estimate of drug-likeness (QED) is 0.330. The molecular weight excluding hydrogens is 400 g/mol. The van der Waals surface area contributed by atoms with Crippen molar-refractivity contribution in [3.05, 3.63) is 59.7 Å². The van der Waals surface area contributed by atoms with E-state index in [1.807, 2.05) is 0 Å². The van der Waals surface area contributed by atoms with E-state index < -0.39 is 0 Å². The second kappa shape index (κ2) is 12.7. The Kier molecular flexibility index (Phi) is 9.47. The molecule has 2 aliphatic rings. The highest BCUT2D eigenvalue weighted by molar-refractivity contribution is 5.64. The van der Waals surface area contributed by atoms with E-state index in [9.17, 15) is 0 Å². The molecule has 1 aliphatic heterocycles. The Balaban J connectivity index is 1.26. The standard InChI is InChI=1S/C32H46O/c1-3-5-6-7-9-26-12-23-32(33-24-26)31-21-19-30(20-22-31)29-17-15-28(16-18-29)27-13-10-25(8-4-2)11-14-27/h15-22,25-27,32H,3-14,23-24H2,1-2H3/t25-,26?,27-,32?. The summed E-state index contributed by atoms with van der Waals surface area (Å²) < 4.78 is 6.28. The minimum Gasteiger partial charge on any atom is -0.373 e. The summed E-state index contributed by atoms with van der Waals surface area (Å²) in [7, 11) is 0. The molecule has 1 saturated heterocycles. The minimum atomic E-state index is 0.288. The van der Waals surface area contributed by atoms with E-state index in [0.717, 1.165) is 24.4 Å². The van der Waals surface area contributed by atoms with Crippen molar-refractivity contribution < 1.29 is 4.74 Å². The molecule has 0 N–H and O–H groups in total. The van der Waals surface area contributed by atoms with Crippen LogP contribution in [0.4, 0.5) is 0 Å². The lowest BCUT2D eigenvalue weighted by Gasteiger charge is -2.29. The molecular formula is C32H46O. The summed E-state index contributed by atoms with van der Waals surface area (Å²) >= 11 is 0. The second-order valence-electron chi connectivity index (χ2n) is 10.9. The first-order valence-electron chi connectivity index (χ1n) is 14.1. The zero-order valence-corrected chi connectivity index (χ0v) is 21.2. The van der Waals surface area contributed by atoms with Gasteiger partial charge in [-0.15, -0.1) is 0 Å². The molecule has 2 unspecified atom stereocenters. The molecule has 2 aromatic rings. The van der Waals surface area contributed by atoms with Gasteiger partial charge in [0.25, 0.3) is 0 Å². The molecule has 0 spiro atoms. The van der Waals surface area contributed by atoms with Gasteiger partial charge in [-0.25, -0.2) is 0 Å². The molecule has 2 fully saturated rings. The third kappa shape index (κ3) is 6.95. The van der Waals surface area contributed by atoms with Crippen molar-refractivity contribution in [1.82, 2.24) is 0 Å². The van der Waals surface area contributed by atoms with E-state index in [0.29, 0.717) is 0 Å². The first-order valence-corrected chi connectivity index (χ1v) is 14.1. The van der Waals surface area contributed by atoms with E-state index in [1.54, 1.807) is 5.56 Å². The molecule has 0 amide bonds. The fourth-order valence-corrected chi connectivity index (χ4v) is 6.19. The Bertz CT molecular complexity index is 789. The lowest BCUT2D eigenvalue weighted by atomic mass is 9.77. The van der Waals surface area contributed by atoms with Gasteiger partial charge in [-0.3, -0.25) is 0 Å². The van der Waals surface area contributed by atoms with Crippen LogP contribution in [0.5, 0.6) is 0 Å². The van der Waals surface area contributed by atoms with Gasteiger partial charge in [-0.2, -0.15) is 0 Å². The number of hydrogen-bond donors (Lipinski definition) is 0. The summed E-state index contributed by atoms with van der Waals surface area (Å²) in [4.78, 5) is 0. The maximum atomic E-state index is 6.28. The van der Waals surface area contributed by atoms with Gasteiger partial charge in [0.05, 0.1) is 12.7 Å². The fraction of sp³-hybridized carbons (Fsp3) is 0.625. The normalized spacial score (nSPS) is 25.8. The molecule has 4 rings (SSSR count). The molecule has 1 heteroatoms. The highest BCUT2D eigenvalue weighted by atomic mass is 16.5. The van der Waals surface area contributed by atoms with E-state index in [4.69, 9.17) is 4.74 Å². The lowest BCUT2D eigenvalue weighted by molar-refractivity contribution is -0.0198.